The van der Waals surface area contributed by atoms with Crippen LogP contribution in [-0.4, -0.2) is 12.6 Å². The van der Waals surface area contributed by atoms with E-state index in [9.17, 15) is 18.0 Å². The Morgan fingerprint density at radius 1 is 1.29 bits per heavy atom. The van der Waals surface area contributed by atoms with Gasteiger partial charge in [-0.15, -0.1) is 0 Å². The monoisotopic (exact) mass is 246 g/mol. The number of esters is 1. The summed E-state index contributed by atoms with van der Waals surface area (Å²) in [6.45, 7) is 1.60. The van der Waals surface area contributed by atoms with Gasteiger partial charge in [0.25, 0.3) is 0 Å². The summed E-state index contributed by atoms with van der Waals surface area (Å²) in [5.74, 6) is -0.408. The molecule has 2 nitrogen and oxygen atoms in total. The lowest BCUT2D eigenvalue weighted by Crippen LogP contribution is -2.12. The molecule has 0 N–H and O–H groups in total. The van der Waals surface area contributed by atoms with Gasteiger partial charge in [-0.25, -0.2) is 0 Å². The van der Waals surface area contributed by atoms with Gasteiger partial charge in [-0.05, 0) is 11.6 Å². The van der Waals surface area contributed by atoms with Crippen LogP contribution in [0.25, 0.3) is 0 Å². The van der Waals surface area contributed by atoms with E-state index in [0.717, 1.165) is 6.07 Å². The van der Waals surface area contributed by atoms with Crippen LogP contribution < -0.4 is 0 Å². The fraction of sp³-hybridized carbons (Fsp3) is 0.417. The molecule has 0 radical (unpaired) electrons. The zero-order valence-corrected chi connectivity index (χ0v) is 9.38. The Hall–Kier alpha value is -1.52. The summed E-state index contributed by atoms with van der Waals surface area (Å²) < 4.78 is 42.5. The molecule has 5 heteroatoms. The summed E-state index contributed by atoms with van der Waals surface area (Å²) in [5, 5.41) is 0. The van der Waals surface area contributed by atoms with Gasteiger partial charge in [0.2, 0.25) is 0 Å². The Morgan fingerprint density at radius 3 is 2.53 bits per heavy atom. The first-order valence-corrected chi connectivity index (χ1v) is 5.26. The molecule has 1 aromatic rings. The van der Waals surface area contributed by atoms with Crippen molar-refractivity contribution >= 4 is 5.97 Å². The summed E-state index contributed by atoms with van der Waals surface area (Å²) in [7, 11) is 0. The summed E-state index contributed by atoms with van der Waals surface area (Å²) in [6.07, 6.45) is -4.08. The second-order valence-corrected chi connectivity index (χ2v) is 3.48. The summed E-state index contributed by atoms with van der Waals surface area (Å²) in [6, 6.07) is 5.29. The maximum Gasteiger partial charge on any atom is 0.416 e. The average molecular weight is 246 g/mol. The van der Waals surface area contributed by atoms with Crippen LogP contribution in [0.3, 0.4) is 0 Å². The van der Waals surface area contributed by atoms with Crippen LogP contribution >= 0.6 is 0 Å². The second kappa shape index (κ2) is 5.70. The average Bonchev–Trinajstić information content (AvgIpc) is 2.28. The zero-order valence-electron chi connectivity index (χ0n) is 9.38. The van der Waals surface area contributed by atoms with E-state index < -0.39 is 17.7 Å². The van der Waals surface area contributed by atoms with Crippen molar-refractivity contribution in [2.45, 2.75) is 25.9 Å². The Morgan fingerprint density at radius 2 is 1.94 bits per heavy atom. The van der Waals surface area contributed by atoms with E-state index in [0.29, 0.717) is 0 Å². The fourth-order valence-corrected chi connectivity index (χ4v) is 1.39. The van der Waals surface area contributed by atoms with Crippen molar-refractivity contribution in [1.82, 2.24) is 0 Å². The number of hydrogen-bond acceptors (Lipinski definition) is 2. The molecular weight excluding hydrogens is 233 g/mol. The largest absolute Gasteiger partial charge is 0.465 e. The molecule has 0 atom stereocenters. The highest BCUT2D eigenvalue weighted by Gasteiger charge is 2.32. The maximum atomic E-state index is 12.6. The Labute approximate surface area is 97.4 Å². The number of benzene rings is 1. The molecule has 0 spiro atoms. The van der Waals surface area contributed by atoms with Crippen molar-refractivity contribution in [3.05, 3.63) is 35.4 Å². The van der Waals surface area contributed by atoms with Gasteiger partial charge in [0.1, 0.15) is 0 Å². The first-order valence-electron chi connectivity index (χ1n) is 5.26. The molecule has 0 aliphatic rings. The molecule has 0 fully saturated rings. The van der Waals surface area contributed by atoms with Crippen molar-refractivity contribution in [1.29, 1.82) is 0 Å². The summed E-state index contributed by atoms with van der Waals surface area (Å²) >= 11 is 0. The van der Waals surface area contributed by atoms with Crippen LogP contribution in [0.5, 0.6) is 0 Å². The molecule has 0 bridgehead atoms. The van der Waals surface area contributed by atoms with Crippen LogP contribution in [0, 0.1) is 0 Å². The number of rotatable bonds is 4. The zero-order chi connectivity index (χ0) is 12.9. The number of ether oxygens (including phenoxy) is 1. The first-order chi connectivity index (χ1) is 7.95. The second-order valence-electron chi connectivity index (χ2n) is 3.48. The minimum absolute atomic E-state index is 0.0280. The van der Waals surface area contributed by atoms with E-state index in [-0.39, 0.29) is 25.0 Å². The van der Waals surface area contributed by atoms with Crippen molar-refractivity contribution in [3.63, 3.8) is 0 Å². The first kappa shape index (κ1) is 13.5. The third-order valence-corrected chi connectivity index (χ3v) is 2.25. The van der Waals surface area contributed by atoms with Crippen LogP contribution in [0.2, 0.25) is 0 Å². The molecule has 0 aliphatic heterocycles. The van der Waals surface area contributed by atoms with Crippen molar-refractivity contribution in [2.24, 2.45) is 0 Å². The Bertz CT molecular complexity index is 386. The number of alkyl halides is 3. The van der Waals surface area contributed by atoms with Crippen molar-refractivity contribution in [3.8, 4) is 0 Å². The molecule has 0 saturated carbocycles. The Balaban J connectivity index is 2.68. The number of carbonyl (C=O) groups is 1. The van der Waals surface area contributed by atoms with Gasteiger partial charge in [0.05, 0.1) is 12.2 Å². The van der Waals surface area contributed by atoms with Crippen LogP contribution in [0.1, 0.15) is 24.5 Å². The lowest BCUT2D eigenvalue weighted by Gasteiger charge is -2.12. The maximum absolute atomic E-state index is 12.6. The standard InChI is InChI=1S/C12H13F3O2/c1-2-11(16)17-8-7-9-5-3-4-6-10(9)12(13,14)15/h3-6H,2,7-8H2,1H3. The lowest BCUT2D eigenvalue weighted by atomic mass is 10.0. The van der Waals surface area contributed by atoms with Gasteiger partial charge in [-0.2, -0.15) is 13.2 Å². The highest BCUT2D eigenvalue weighted by molar-refractivity contribution is 5.68. The molecule has 1 aromatic carbocycles. The van der Waals surface area contributed by atoms with Gasteiger partial charge in [-0.1, -0.05) is 25.1 Å². The molecule has 0 aliphatic carbocycles. The molecule has 17 heavy (non-hydrogen) atoms. The van der Waals surface area contributed by atoms with Crippen LogP contribution in [0.4, 0.5) is 13.2 Å². The predicted octanol–water partition coefficient (Wildman–Crippen LogP) is 3.20. The predicted molar refractivity (Wildman–Crippen MR) is 56.4 cm³/mol. The number of carbonyl (C=O) groups excluding carboxylic acids is 1. The number of halogens is 3. The minimum atomic E-state index is -4.37. The van der Waals surface area contributed by atoms with Gasteiger partial charge in [0.15, 0.2) is 0 Å². The highest BCUT2D eigenvalue weighted by Crippen LogP contribution is 2.31. The van der Waals surface area contributed by atoms with Gasteiger partial charge in [-0.3, -0.25) is 4.79 Å². The minimum Gasteiger partial charge on any atom is -0.465 e. The SMILES string of the molecule is CCC(=O)OCCc1ccccc1C(F)(F)F. The van der Waals surface area contributed by atoms with E-state index in [4.69, 9.17) is 4.74 Å². The van der Waals surface area contributed by atoms with Crippen molar-refractivity contribution < 1.29 is 22.7 Å². The molecule has 0 amide bonds. The molecule has 0 unspecified atom stereocenters. The summed E-state index contributed by atoms with van der Waals surface area (Å²) in [4.78, 5) is 10.8. The number of hydrogen-bond donors (Lipinski definition) is 0. The normalized spacial score (nSPS) is 11.3. The quantitative estimate of drug-likeness (QED) is 0.762. The molecule has 0 aromatic heterocycles. The molecule has 0 heterocycles. The third-order valence-electron chi connectivity index (χ3n) is 2.25. The van der Waals surface area contributed by atoms with E-state index >= 15 is 0 Å². The fourth-order valence-electron chi connectivity index (χ4n) is 1.39. The van der Waals surface area contributed by atoms with Gasteiger partial charge >= 0.3 is 12.1 Å². The van der Waals surface area contributed by atoms with Crippen LogP contribution in [-0.2, 0) is 22.1 Å². The third kappa shape index (κ3) is 4.09. The molecule has 0 saturated heterocycles. The highest BCUT2D eigenvalue weighted by atomic mass is 19.4. The van der Waals surface area contributed by atoms with E-state index in [1.165, 1.54) is 18.2 Å². The van der Waals surface area contributed by atoms with E-state index in [1.807, 2.05) is 0 Å². The van der Waals surface area contributed by atoms with Crippen LogP contribution in [0.15, 0.2) is 24.3 Å². The summed E-state index contributed by atoms with van der Waals surface area (Å²) in [5.41, 5.74) is -0.531. The van der Waals surface area contributed by atoms with E-state index in [1.54, 1.807) is 6.92 Å². The topological polar surface area (TPSA) is 26.3 Å². The molecule has 94 valence electrons. The lowest BCUT2D eigenvalue weighted by molar-refractivity contribution is -0.143. The van der Waals surface area contributed by atoms with Gasteiger partial charge in [0, 0.05) is 12.8 Å². The molecular formula is C12H13F3O2. The smallest absolute Gasteiger partial charge is 0.416 e. The molecule has 1 rings (SSSR count). The van der Waals surface area contributed by atoms with E-state index in [2.05, 4.69) is 0 Å². The van der Waals surface area contributed by atoms with Gasteiger partial charge < -0.3 is 4.74 Å². The Kier molecular flexibility index (Phi) is 4.54. The van der Waals surface area contributed by atoms with Crippen molar-refractivity contribution in [2.75, 3.05) is 6.61 Å².